The first kappa shape index (κ1) is 11.0. The summed E-state index contributed by atoms with van der Waals surface area (Å²) in [6.07, 6.45) is -1.12. The number of amides is 1. The third-order valence-electron chi connectivity index (χ3n) is 1.66. The topological polar surface area (TPSA) is 75.6 Å². The van der Waals surface area contributed by atoms with E-state index < -0.39 is 12.1 Å². The molecule has 0 heterocycles. The number of carbonyl (C=O) groups excluding carboxylic acids is 1. The summed E-state index contributed by atoms with van der Waals surface area (Å²) >= 11 is 0. The first-order valence-electron chi connectivity index (χ1n) is 4.32. The quantitative estimate of drug-likeness (QED) is 0.582. The molecule has 0 aliphatic heterocycles. The predicted molar refractivity (Wildman–Crippen MR) is 52.6 cm³/mol. The third kappa shape index (κ3) is 3.68. The maximum Gasteiger partial charge on any atom is 0.404 e. The molecule has 0 aliphatic carbocycles. The standard InChI is InChI=1S/C10H11NO4/c1-7(12)15-9-5-3-2-4-8(9)6-11-10(13)14/h2-5,11H,6H2,1H3,(H,13,14). The molecule has 0 unspecified atom stereocenters. The molecule has 2 N–H and O–H groups in total. The van der Waals surface area contributed by atoms with Crippen molar-refractivity contribution in [2.75, 3.05) is 0 Å². The van der Waals surface area contributed by atoms with Gasteiger partial charge >= 0.3 is 12.1 Å². The normalized spacial score (nSPS) is 9.40. The van der Waals surface area contributed by atoms with Gasteiger partial charge in [-0.2, -0.15) is 0 Å². The Hall–Kier alpha value is -2.04. The lowest BCUT2D eigenvalue weighted by atomic mass is 10.2. The van der Waals surface area contributed by atoms with Gasteiger partial charge in [-0.15, -0.1) is 0 Å². The second kappa shape index (κ2) is 4.99. The van der Waals surface area contributed by atoms with Gasteiger partial charge in [-0.25, -0.2) is 4.79 Å². The number of hydrogen-bond donors (Lipinski definition) is 2. The third-order valence-corrected chi connectivity index (χ3v) is 1.66. The largest absolute Gasteiger partial charge is 0.465 e. The Balaban J connectivity index is 2.76. The smallest absolute Gasteiger partial charge is 0.404 e. The molecule has 1 rings (SSSR count). The average Bonchev–Trinajstić information content (AvgIpc) is 2.15. The van der Waals surface area contributed by atoms with Crippen LogP contribution < -0.4 is 10.1 Å². The fourth-order valence-corrected chi connectivity index (χ4v) is 1.08. The van der Waals surface area contributed by atoms with Crippen molar-refractivity contribution < 1.29 is 19.4 Å². The summed E-state index contributed by atoms with van der Waals surface area (Å²) in [6, 6.07) is 6.75. The number of ether oxygens (including phenoxy) is 1. The number of carbonyl (C=O) groups is 2. The molecule has 80 valence electrons. The van der Waals surface area contributed by atoms with Crippen molar-refractivity contribution >= 4 is 12.1 Å². The number of hydrogen-bond acceptors (Lipinski definition) is 3. The zero-order valence-electron chi connectivity index (χ0n) is 8.19. The van der Waals surface area contributed by atoms with Gasteiger partial charge in [0.2, 0.25) is 0 Å². The summed E-state index contributed by atoms with van der Waals surface area (Å²) in [5.41, 5.74) is 0.620. The summed E-state index contributed by atoms with van der Waals surface area (Å²) in [6.45, 7) is 1.40. The highest BCUT2D eigenvalue weighted by Gasteiger charge is 2.05. The Morgan fingerprint density at radius 1 is 1.40 bits per heavy atom. The Morgan fingerprint density at radius 2 is 2.07 bits per heavy atom. The SMILES string of the molecule is CC(=O)Oc1ccccc1CNC(=O)O. The second-order valence-corrected chi connectivity index (χ2v) is 2.86. The molecule has 0 saturated heterocycles. The molecule has 5 heteroatoms. The molecule has 0 fully saturated rings. The molecule has 1 aromatic carbocycles. The summed E-state index contributed by atoms with van der Waals surface area (Å²) in [5, 5.41) is 10.6. The molecule has 0 saturated carbocycles. The molecule has 0 radical (unpaired) electrons. The summed E-state index contributed by atoms with van der Waals surface area (Å²) in [5.74, 6) is -0.0588. The van der Waals surface area contributed by atoms with Gasteiger partial charge in [0.1, 0.15) is 5.75 Å². The lowest BCUT2D eigenvalue weighted by molar-refractivity contribution is -0.131. The van der Waals surface area contributed by atoms with E-state index in [2.05, 4.69) is 5.32 Å². The van der Waals surface area contributed by atoms with Crippen molar-refractivity contribution in [1.82, 2.24) is 5.32 Å². The van der Waals surface area contributed by atoms with Gasteiger partial charge in [0.25, 0.3) is 0 Å². The van der Waals surface area contributed by atoms with Crippen LogP contribution in [0.3, 0.4) is 0 Å². The zero-order valence-corrected chi connectivity index (χ0v) is 8.19. The van der Waals surface area contributed by atoms with Crippen LogP contribution in [-0.4, -0.2) is 17.2 Å². The fraction of sp³-hybridized carbons (Fsp3) is 0.200. The molecule has 0 aromatic heterocycles. The maximum absolute atomic E-state index is 10.7. The van der Waals surface area contributed by atoms with Crippen LogP contribution in [-0.2, 0) is 11.3 Å². The van der Waals surface area contributed by atoms with Crippen LogP contribution in [0, 0.1) is 0 Å². The van der Waals surface area contributed by atoms with Crippen LogP contribution >= 0.6 is 0 Å². The van der Waals surface area contributed by atoms with E-state index in [0.29, 0.717) is 11.3 Å². The first-order valence-corrected chi connectivity index (χ1v) is 4.32. The first-order chi connectivity index (χ1) is 7.09. The van der Waals surface area contributed by atoms with Crippen LogP contribution in [0.1, 0.15) is 12.5 Å². The van der Waals surface area contributed by atoms with Crippen molar-refractivity contribution in [3.05, 3.63) is 29.8 Å². The summed E-state index contributed by atoms with van der Waals surface area (Å²) in [7, 11) is 0. The van der Waals surface area contributed by atoms with E-state index in [1.807, 2.05) is 0 Å². The van der Waals surface area contributed by atoms with Crippen LogP contribution in [0.25, 0.3) is 0 Å². The number of nitrogens with one attached hydrogen (secondary N) is 1. The van der Waals surface area contributed by atoms with Gasteiger partial charge in [-0.1, -0.05) is 18.2 Å². The predicted octanol–water partition coefficient (Wildman–Crippen LogP) is 1.38. The minimum Gasteiger partial charge on any atom is -0.465 e. The average molecular weight is 209 g/mol. The lowest BCUT2D eigenvalue weighted by Gasteiger charge is -2.07. The fourth-order valence-electron chi connectivity index (χ4n) is 1.08. The number of benzene rings is 1. The molecule has 15 heavy (non-hydrogen) atoms. The number of esters is 1. The van der Waals surface area contributed by atoms with Gasteiger partial charge in [0.15, 0.2) is 0 Å². The summed E-state index contributed by atoms with van der Waals surface area (Å²) in [4.78, 5) is 21.0. The molecular weight excluding hydrogens is 198 g/mol. The Labute approximate surface area is 86.7 Å². The Bertz CT molecular complexity index is 375. The van der Waals surface area contributed by atoms with E-state index in [1.165, 1.54) is 6.92 Å². The maximum atomic E-state index is 10.7. The van der Waals surface area contributed by atoms with Gasteiger partial charge in [-0.05, 0) is 6.07 Å². The molecule has 0 aliphatic rings. The molecule has 5 nitrogen and oxygen atoms in total. The van der Waals surface area contributed by atoms with Crippen LogP contribution in [0.5, 0.6) is 5.75 Å². The molecule has 0 atom stereocenters. The van der Waals surface area contributed by atoms with E-state index >= 15 is 0 Å². The summed E-state index contributed by atoms with van der Waals surface area (Å²) < 4.78 is 4.91. The van der Waals surface area contributed by atoms with E-state index in [4.69, 9.17) is 9.84 Å². The highest BCUT2D eigenvalue weighted by Crippen LogP contribution is 2.17. The van der Waals surface area contributed by atoms with Crippen molar-refractivity contribution in [2.24, 2.45) is 0 Å². The van der Waals surface area contributed by atoms with Gasteiger partial charge in [0, 0.05) is 19.0 Å². The highest BCUT2D eigenvalue weighted by molar-refractivity contribution is 5.70. The lowest BCUT2D eigenvalue weighted by Crippen LogP contribution is -2.20. The second-order valence-electron chi connectivity index (χ2n) is 2.86. The van der Waals surface area contributed by atoms with Gasteiger partial charge in [0.05, 0.1) is 0 Å². The van der Waals surface area contributed by atoms with Crippen LogP contribution in [0.2, 0.25) is 0 Å². The molecule has 0 spiro atoms. The van der Waals surface area contributed by atoms with Crippen molar-refractivity contribution in [3.63, 3.8) is 0 Å². The molecule has 1 amide bonds. The van der Waals surface area contributed by atoms with Crippen molar-refractivity contribution in [2.45, 2.75) is 13.5 Å². The van der Waals surface area contributed by atoms with Gasteiger partial charge < -0.3 is 15.2 Å². The molecule has 0 bridgehead atoms. The monoisotopic (exact) mass is 209 g/mol. The number of para-hydroxylation sites is 1. The van der Waals surface area contributed by atoms with Crippen LogP contribution in [0.15, 0.2) is 24.3 Å². The minimum atomic E-state index is -1.12. The van der Waals surface area contributed by atoms with E-state index in [-0.39, 0.29) is 6.54 Å². The minimum absolute atomic E-state index is 0.110. The molecular formula is C10H11NO4. The van der Waals surface area contributed by atoms with Crippen LogP contribution in [0.4, 0.5) is 4.79 Å². The van der Waals surface area contributed by atoms with E-state index in [0.717, 1.165) is 0 Å². The number of carboxylic acid groups (broad SMARTS) is 1. The van der Waals surface area contributed by atoms with E-state index in [1.54, 1.807) is 24.3 Å². The number of rotatable bonds is 3. The van der Waals surface area contributed by atoms with E-state index in [9.17, 15) is 9.59 Å². The zero-order chi connectivity index (χ0) is 11.3. The van der Waals surface area contributed by atoms with Crippen molar-refractivity contribution in [3.8, 4) is 5.75 Å². The van der Waals surface area contributed by atoms with Gasteiger partial charge in [-0.3, -0.25) is 4.79 Å². The Kier molecular flexibility index (Phi) is 3.68. The highest BCUT2D eigenvalue weighted by atomic mass is 16.5. The van der Waals surface area contributed by atoms with Crippen molar-refractivity contribution in [1.29, 1.82) is 0 Å². The Morgan fingerprint density at radius 3 is 2.67 bits per heavy atom. The molecule has 1 aromatic rings.